The van der Waals surface area contributed by atoms with Crippen LogP contribution in [0.2, 0.25) is 5.02 Å². The number of benzene rings is 1. The Balaban J connectivity index is 1.87. The van der Waals surface area contributed by atoms with Crippen molar-refractivity contribution in [2.75, 3.05) is 14.2 Å². The zero-order chi connectivity index (χ0) is 27.8. The van der Waals surface area contributed by atoms with Crippen molar-refractivity contribution >= 4 is 33.4 Å². The number of aryl methyl sites for hydroxylation is 1. The van der Waals surface area contributed by atoms with Crippen molar-refractivity contribution < 1.29 is 31.1 Å². The molecule has 13 heteroatoms. The molecule has 1 fully saturated rings. The van der Waals surface area contributed by atoms with Crippen LogP contribution in [-0.4, -0.2) is 44.6 Å². The lowest BCUT2D eigenvalue weighted by molar-refractivity contribution is -0.136. The van der Waals surface area contributed by atoms with Crippen LogP contribution in [-0.2, 0) is 19.6 Å². The van der Waals surface area contributed by atoms with Gasteiger partial charge in [0.2, 0.25) is 10.0 Å². The fourth-order valence-corrected chi connectivity index (χ4v) is 6.34. The molecular weight excluding hydrogens is 545 g/mol. The number of halogens is 4. The number of aromatic nitrogens is 1. The fourth-order valence-electron chi connectivity index (χ4n) is 4.86. The van der Waals surface area contributed by atoms with E-state index in [0.29, 0.717) is 36.9 Å². The van der Waals surface area contributed by atoms with Gasteiger partial charge in [0.1, 0.15) is 11.7 Å². The Morgan fingerprint density at radius 2 is 1.84 bits per heavy atom. The van der Waals surface area contributed by atoms with Gasteiger partial charge in [0.25, 0.3) is 0 Å². The Labute approximate surface area is 223 Å². The predicted molar refractivity (Wildman–Crippen MR) is 135 cm³/mol. The van der Waals surface area contributed by atoms with Crippen molar-refractivity contribution in [2.24, 2.45) is 10.9 Å². The first-order chi connectivity index (χ1) is 18.0. The molecule has 0 bridgehead atoms. The Morgan fingerprint density at radius 1 is 1.16 bits per heavy atom. The molecule has 1 atom stereocenters. The second-order valence-corrected chi connectivity index (χ2v) is 11.7. The van der Waals surface area contributed by atoms with Crippen LogP contribution >= 0.6 is 11.6 Å². The largest absolute Gasteiger partial charge is 0.466 e. The van der Waals surface area contributed by atoms with Crippen molar-refractivity contribution in [1.82, 2.24) is 15.0 Å². The smallest absolute Gasteiger partial charge is 0.338 e. The number of carbonyl (C=O) groups excluding carboxylic acids is 1. The third-order valence-corrected chi connectivity index (χ3v) is 9.15. The van der Waals surface area contributed by atoms with Gasteiger partial charge in [-0.2, -0.15) is 0 Å². The first-order valence-electron chi connectivity index (χ1n) is 11.8. The van der Waals surface area contributed by atoms with Gasteiger partial charge in [0, 0.05) is 17.5 Å². The quantitative estimate of drug-likeness (QED) is 0.400. The zero-order valence-corrected chi connectivity index (χ0v) is 22.4. The lowest BCUT2D eigenvalue weighted by atomic mass is 9.82. The number of carbonyl (C=O) groups is 1. The van der Waals surface area contributed by atoms with Crippen LogP contribution in [0.3, 0.4) is 0 Å². The Kier molecular flexibility index (Phi) is 8.15. The summed E-state index contributed by atoms with van der Waals surface area (Å²) in [6, 6.07) is 2.05. The maximum atomic E-state index is 15.0. The highest BCUT2D eigenvalue weighted by molar-refractivity contribution is 7.90. The molecule has 1 aromatic heterocycles. The van der Waals surface area contributed by atoms with Gasteiger partial charge in [0.15, 0.2) is 23.3 Å². The average molecular weight is 571 g/mol. The van der Waals surface area contributed by atoms with Crippen LogP contribution < -0.4 is 10.0 Å². The summed E-state index contributed by atoms with van der Waals surface area (Å²) in [4.78, 5) is 21.7. The summed E-state index contributed by atoms with van der Waals surface area (Å²) in [7, 11) is -0.986. The van der Waals surface area contributed by atoms with Crippen molar-refractivity contribution in [1.29, 1.82) is 0 Å². The van der Waals surface area contributed by atoms with Crippen molar-refractivity contribution in [3.05, 3.63) is 75.0 Å². The molecule has 1 aliphatic carbocycles. The number of hydrogen-bond donors (Lipinski definition) is 2. The van der Waals surface area contributed by atoms with Crippen LogP contribution in [0.25, 0.3) is 0 Å². The van der Waals surface area contributed by atoms with Gasteiger partial charge in [-0.15, -0.1) is 0 Å². The minimum Gasteiger partial charge on any atom is -0.466 e. The maximum absolute atomic E-state index is 15.0. The average Bonchev–Trinajstić information content (AvgIpc) is 2.91. The molecule has 1 saturated carbocycles. The molecule has 0 unspecified atom stereocenters. The van der Waals surface area contributed by atoms with Crippen LogP contribution in [0.1, 0.15) is 48.5 Å². The lowest BCUT2D eigenvalue weighted by Crippen LogP contribution is -2.40. The number of aliphatic imine (C=N–C) groups is 1. The summed E-state index contributed by atoms with van der Waals surface area (Å²) >= 11 is 6.17. The molecule has 8 nitrogen and oxygen atoms in total. The lowest BCUT2D eigenvalue weighted by Gasteiger charge is -2.35. The van der Waals surface area contributed by atoms with Crippen LogP contribution in [0.5, 0.6) is 0 Å². The van der Waals surface area contributed by atoms with Gasteiger partial charge in [0.05, 0.1) is 23.0 Å². The minimum absolute atomic E-state index is 0.0170. The van der Waals surface area contributed by atoms with Crippen LogP contribution in [0.15, 0.2) is 40.7 Å². The number of pyridine rings is 1. The monoisotopic (exact) mass is 570 g/mol. The number of hydrogen-bond acceptors (Lipinski definition) is 7. The molecule has 0 amide bonds. The number of methoxy groups -OCH3 is 1. The number of nitrogens with zero attached hydrogens (tertiary/aromatic N) is 2. The summed E-state index contributed by atoms with van der Waals surface area (Å²) in [5, 5.41) is 1.83. The number of sulfonamides is 1. The van der Waals surface area contributed by atoms with E-state index < -0.39 is 49.8 Å². The van der Waals surface area contributed by atoms with E-state index in [0.717, 1.165) is 13.2 Å². The van der Waals surface area contributed by atoms with Gasteiger partial charge < -0.3 is 10.1 Å². The Hall–Kier alpha value is -2.96. The van der Waals surface area contributed by atoms with E-state index in [1.807, 2.05) is 0 Å². The molecule has 2 aromatic rings. The number of rotatable bonds is 6. The van der Waals surface area contributed by atoms with E-state index in [1.54, 1.807) is 6.92 Å². The molecule has 38 heavy (non-hydrogen) atoms. The van der Waals surface area contributed by atoms with Gasteiger partial charge in [-0.25, -0.2) is 36.1 Å². The molecule has 4 rings (SSSR count). The highest BCUT2D eigenvalue weighted by Gasteiger charge is 2.40. The molecule has 1 aliphatic heterocycles. The standard InChI is InChI=1S/C25H26ClF3N4O4S/c1-12-10-17(28)23(31-11-12)24-32-21(13-4-6-14(7-5-13)38(35,36)30-2)18(25(34)37-3)22(33-24)15-8-9-16(27)20(29)19(15)26/h8-11,13-14,22,30H,4-7H2,1-3H3,(H,32,33)/t13-,14-,22-/m0/s1. The molecule has 0 radical (unpaired) electrons. The highest BCUT2D eigenvalue weighted by atomic mass is 35.5. The van der Waals surface area contributed by atoms with Gasteiger partial charge in [-0.1, -0.05) is 17.7 Å². The maximum Gasteiger partial charge on any atom is 0.338 e. The Bertz CT molecular complexity index is 1440. The number of amidine groups is 1. The molecule has 0 spiro atoms. The molecular formula is C25H26ClF3N4O4S. The van der Waals surface area contributed by atoms with Crippen LogP contribution in [0, 0.1) is 30.3 Å². The van der Waals surface area contributed by atoms with E-state index in [2.05, 4.69) is 20.0 Å². The normalized spacial score (nSPS) is 22.1. The van der Waals surface area contributed by atoms with Crippen LogP contribution in [0.4, 0.5) is 13.2 Å². The van der Waals surface area contributed by atoms with Gasteiger partial charge in [-0.05, 0) is 63.3 Å². The molecule has 204 valence electrons. The van der Waals surface area contributed by atoms with E-state index in [4.69, 9.17) is 16.3 Å². The fraction of sp³-hybridized carbons (Fsp3) is 0.400. The number of allylic oxidation sites excluding steroid dienone is 1. The highest BCUT2D eigenvalue weighted by Crippen LogP contribution is 2.42. The summed E-state index contributed by atoms with van der Waals surface area (Å²) < 4.78 is 75.4. The Morgan fingerprint density at radius 3 is 2.45 bits per heavy atom. The molecule has 1 aromatic carbocycles. The summed E-state index contributed by atoms with van der Waals surface area (Å²) in [5.41, 5.74) is 0.692. The SMILES string of the molecule is CNS(=O)(=O)[C@H]1CC[C@H](C2=C(C(=O)OC)[C@H](c3ccc(F)c(F)c3Cl)N=C(c3ncc(C)cc3F)N2)CC1. The molecule has 2 heterocycles. The minimum atomic E-state index is -3.50. The van der Waals surface area contributed by atoms with E-state index >= 15 is 0 Å². The second-order valence-electron chi connectivity index (χ2n) is 9.15. The van der Waals surface area contributed by atoms with Crippen molar-refractivity contribution in [3.8, 4) is 0 Å². The molecule has 2 N–H and O–H groups in total. The van der Waals surface area contributed by atoms with Gasteiger partial charge >= 0.3 is 5.97 Å². The van der Waals surface area contributed by atoms with Gasteiger partial charge in [-0.3, -0.25) is 4.99 Å². The van der Waals surface area contributed by atoms with Crippen molar-refractivity contribution in [3.63, 3.8) is 0 Å². The third kappa shape index (κ3) is 5.29. The van der Waals surface area contributed by atoms with E-state index in [9.17, 15) is 26.4 Å². The third-order valence-electron chi connectivity index (χ3n) is 6.85. The van der Waals surface area contributed by atoms with E-state index in [1.165, 1.54) is 25.4 Å². The number of ether oxygens (including phenoxy) is 1. The molecule has 2 aliphatic rings. The topological polar surface area (TPSA) is 110 Å². The number of nitrogens with one attached hydrogen (secondary N) is 2. The predicted octanol–water partition coefficient (Wildman–Crippen LogP) is 4.09. The zero-order valence-electron chi connectivity index (χ0n) is 20.8. The summed E-state index contributed by atoms with van der Waals surface area (Å²) in [6.07, 6.45) is 2.77. The van der Waals surface area contributed by atoms with Crippen molar-refractivity contribution in [2.45, 2.75) is 43.9 Å². The van der Waals surface area contributed by atoms with E-state index in [-0.39, 0.29) is 28.6 Å². The summed E-state index contributed by atoms with van der Waals surface area (Å²) in [5.74, 6) is -4.41. The summed E-state index contributed by atoms with van der Waals surface area (Å²) in [6.45, 7) is 1.66. The molecule has 0 saturated heterocycles. The first kappa shape index (κ1) is 28.1. The second kappa shape index (κ2) is 11.0. The first-order valence-corrected chi connectivity index (χ1v) is 13.8. The number of esters is 1.